The summed E-state index contributed by atoms with van der Waals surface area (Å²) < 4.78 is 12.0. The maximum absolute atomic E-state index is 12.8. The van der Waals surface area contributed by atoms with Gasteiger partial charge in [-0.1, -0.05) is 0 Å². The van der Waals surface area contributed by atoms with Crippen LogP contribution in [0.15, 0.2) is 36.0 Å². The zero-order chi connectivity index (χ0) is 20.4. The number of aryl methyl sites for hydroxylation is 1. The minimum Gasteiger partial charge on any atom is -0.465 e. The smallest absolute Gasteiger partial charge is 0.351 e. The molecule has 7 nitrogen and oxygen atoms in total. The van der Waals surface area contributed by atoms with Gasteiger partial charge in [-0.05, 0) is 49.9 Å². The molecule has 0 aliphatic carbocycles. The number of methoxy groups -OCH3 is 1. The van der Waals surface area contributed by atoms with Crippen LogP contribution in [0.1, 0.15) is 48.7 Å². The molecule has 3 aromatic rings. The number of nitrogens with one attached hydrogen (secondary N) is 1. The second-order valence-electron chi connectivity index (χ2n) is 6.25. The number of nitrogens with zero attached hydrogens (tertiary/aromatic N) is 1. The Kier molecular flexibility index (Phi) is 5.51. The van der Waals surface area contributed by atoms with E-state index in [0.29, 0.717) is 27.4 Å². The fourth-order valence-corrected chi connectivity index (χ4v) is 3.80. The first kappa shape index (κ1) is 19.6. The molecule has 28 heavy (non-hydrogen) atoms. The molecule has 146 valence electrons. The first-order valence-corrected chi connectivity index (χ1v) is 9.46. The van der Waals surface area contributed by atoms with Crippen molar-refractivity contribution in [2.75, 3.05) is 7.11 Å². The van der Waals surface area contributed by atoms with E-state index in [4.69, 9.17) is 9.47 Å². The first-order valence-electron chi connectivity index (χ1n) is 8.58. The number of esters is 2. The zero-order valence-electron chi connectivity index (χ0n) is 15.9. The number of ketones is 1. The fraction of sp³-hybridized carbons (Fsp3) is 0.250. The van der Waals surface area contributed by atoms with Crippen molar-refractivity contribution in [3.63, 3.8) is 0 Å². The standard InChI is InChI=1S/C20H20N2O5S/c1-11-15(19(24)26-4)12(2)21-16(11)17(23)13(3)27-20(25)18-14(7-10-28-18)22-8-5-6-9-22/h5-10,13,21H,1-4H3. The van der Waals surface area contributed by atoms with Crippen LogP contribution in [0.2, 0.25) is 0 Å². The van der Waals surface area contributed by atoms with Gasteiger partial charge in [-0.15, -0.1) is 11.3 Å². The number of Topliss-reactive ketones (excluding diaryl/α,β-unsaturated/α-hetero) is 1. The predicted octanol–water partition coefficient (Wildman–Crippen LogP) is 3.70. The van der Waals surface area contributed by atoms with Crippen LogP contribution in [0.3, 0.4) is 0 Å². The Morgan fingerprint density at radius 3 is 2.46 bits per heavy atom. The minimum atomic E-state index is -1.02. The molecule has 0 amide bonds. The number of aromatic amines is 1. The Bertz CT molecular complexity index is 1030. The molecule has 0 fully saturated rings. The van der Waals surface area contributed by atoms with Gasteiger partial charge in [0.2, 0.25) is 5.78 Å². The molecule has 1 atom stereocenters. The van der Waals surface area contributed by atoms with Gasteiger partial charge in [0.25, 0.3) is 0 Å². The lowest BCUT2D eigenvalue weighted by atomic mass is 10.1. The highest BCUT2D eigenvalue weighted by molar-refractivity contribution is 7.12. The Balaban J connectivity index is 1.80. The van der Waals surface area contributed by atoms with Gasteiger partial charge in [0.15, 0.2) is 6.10 Å². The first-order chi connectivity index (χ1) is 13.3. The summed E-state index contributed by atoms with van der Waals surface area (Å²) in [7, 11) is 1.28. The molecule has 8 heteroatoms. The topological polar surface area (TPSA) is 90.4 Å². The van der Waals surface area contributed by atoms with Crippen LogP contribution in [0.5, 0.6) is 0 Å². The summed E-state index contributed by atoms with van der Waals surface area (Å²) in [6.45, 7) is 4.85. The van der Waals surface area contributed by atoms with E-state index in [1.54, 1.807) is 23.8 Å². The maximum Gasteiger partial charge on any atom is 0.351 e. The predicted molar refractivity (Wildman–Crippen MR) is 104 cm³/mol. The van der Waals surface area contributed by atoms with Crippen LogP contribution in [-0.2, 0) is 9.47 Å². The summed E-state index contributed by atoms with van der Waals surface area (Å²) in [6.07, 6.45) is 2.63. The lowest BCUT2D eigenvalue weighted by molar-refractivity contribution is 0.0321. The van der Waals surface area contributed by atoms with Crippen molar-refractivity contribution < 1.29 is 23.9 Å². The molecule has 1 unspecified atom stereocenters. The van der Waals surface area contributed by atoms with Crippen LogP contribution in [-0.4, -0.2) is 40.5 Å². The highest BCUT2D eigenvalue weighted by Crippen LogP contribution is 2.24. The van der Waals surface area contributed by atoms with Gasteiger partial charge < -0.3 is 19.0 Å². The van der Waals surface area contributed by atoms with Crippen LogP contribution < -0.4 is 0 Å². The summed E-state index contributed by atoms with van der Waals surface area (Å²) in [5, 5.41) is 1.79. The van der Waals surface area contributed by atoms with E-state index in [1.165, 1.54) is 25.4 Å². The van der Waals surface area contributed by atoms with Crippen molar-refractivity contribution in [3.8, 4) is 5.69 Å². The third-order valence-corrected chi connectivity index (χ3v) is 5.32. The molecular weight excluding hydrogens is 380 g/mol. The summed E-state index contributed by atoms with van der Waals surface area (Å²) in [6, 6.07) is 5.53. The van der Waals surface area contributed by atoms with Crippen molar-refractivity contribution in [2.45, 2.75) is 26.9 Å². The average Bonchev–Trinajstić information content (AvgIpc) is 3.40. The number of aromatic nitrogens is 2. The normalized spacial score (nSPS) is 11.9. The number of thiophene rings is 1. The van der Waals surface area contributed by atoms with Crippen LogP contribution in [0, 0.1) is 13.8 Å². The molecule has 0 aromatic carbocycles. The minimum absolute atomic E-state index is 0.231. The van der Waals surface area contributed by atoms with Crippen molar-refractivity contribution in [3.05, 3.63) is 63.4 Å². The van der Waals surface area contributed by atoms with Crippen LogP contribution in [0.4, 0.5) is 0 Å². The Morgan fingerprint density at radius 1 is 1.14 bits per heavy atom. The average molecular weight is 400 g/mol. The van der Waals surface area contributed by atoms with Crippen molar-refractivity contribution in [1.29, 1.82) is 0 Å². The highest BCUT2D eigenvalue weighted by Gasteiger charge is 2.28. The quantitative estimate of drug-likeness (QED) is 0.503. The largest absolute Gasteiger partial charge is 0.465 e. The number of carbonyl (C=O) groups is 3. The monoisotopic (exact) mass is 400 g/mol. The molecular formula is C20H20N2O5S. The van der Waals surface area contributed by atoms with Crippen LogP contribution in [0.25, 0.3) is 5.69 Å². The van der Waals surface area contributed by atoms with E-state index in [0.717, 1.165) is 0 Å². The molecule has 0 spiro atoms. The molecule has 0 radical (unpaired) electrons. The molecule has 3 heterocycles. The van der Waals surface area contributed by atoms with Crippen molar-refractivity contribution in [1.82, 2.24) is 9.55 Å². The highest BCUT2D eigenvalue weighted by atomic mass is 32.1. The van der Waals surface area contributed by atoms with E-state index in [1.807, 2.05) is 30.6 Å². The van der Waals surface area contributed by atoms with E-state index in [9.17, 15) is 14.4 Å². The second kappa shape index (κ2) is 7.85. The number of rotatable bonds is 6. The van der Waals surface area contributed by atoms with E-state index < -0.39 is 23.8 Å². The molecule has 3 aromatic heterocycles. The molecule has 3 rings (SSSR count). The maximum atomic E-state index is 12.8. The van der Waals surface area contributed by atoms with Gasteiger partial charge >= 0.3 is 11.9 Å². The third-order valence-electron chi connectivity index (χ3n) is 4.44. The Hall–Kier alpha value is -3.13. The number of ether oxygens (including phenoxy) is 2. The fourth-order valence-electron chi connectivity index (χ4n) is 3.03. The SMILES string of the molecule is COC(=O)c1c(C)[nH]c(C(=O)C(C)OC(=O)c2sccc2-n2cccc2)c1C. The number of H-pyrrole nitrogens is 1. The van der Waals surface area contributed by atoms with Crippen LogP contribution >= 0.6 is 11.3 Å². The molecule has 0 saturated heterocycles. The third kappa shape index (κ3) is 3.50. The summed E-state index contributed by atoms with van der Waals surface area (Å²) in [4.78, 5) is 40.6. The van der Waals surface area contributed by atoms with Gasteiger partial charge in [-0.3, -0.25) is 4.79 Å². The summed E-state index contributed by atoms with van der Waals surface area (Å²) >= 11 is 1.25. The number of hydrogen-bond acceptors (Lipinski definition) is 6. The zero-order valence-corrected chi connectivity index (χ0v) is 16.8. The summed E-state index contributed by atoms with van der Waals surface area (Å²) in [5.74, 6) is -1.51. The Morgan fingerprint density at radius 2 is 1.82 bits per heavy atom. The van der Waals surface area contributed by atoms with Gasteiger partial charge in [0.05, 0.1) is 24.1 Å². The molecule has 0 saturated carbocycles. The van der Waals surface area contributed by atoms with Gasteiger partial charge in [-0.25, -0.2) is 9.59 Å². The number of hydrogen-bond donors (Lipinski definition) is 1. The van der Waals surface area contributed by atoms with E-state index in [2.05, 4.69) is 4.98 Å². The van der Waals surface area contributed by atoms with Crippen molar-refractivity contribution >= 4 is 29.1 Å². The van der Waals surface area contributed by atoms with Gasteiger partial charge in [0, 0.05) is 18.1 Å². The molecule has 1 N–H and O–H groups in total. The van der Waals surface area contributed by atoms with Gasteiger partial charge in [0.1, 0.15) is 4.88 Å². The van der Waals surface area contributed by atoms with Gasteiger partial charge in [-0.2, -0.15) is 0 Å². The number of carbonyl (C=O) groups excluding carboxylic acids is 3. The van der Waals surface area contributed by atoms with E-state index in [-0.39, 0.29) is 5.69 Å². The molecule has 0 aliphatic rings. The summed E-state index contributed by atoms with van der Waals surface area (Å²) in [5.41, 5.74) is 2.24. The molecule has 0 bridgehead atoms. The lowest BCUT2D eigenvalue weighted by Gasteiger charge is -2.12. The Labute approximate surface area is 165 Å². The lowest BCUT2D eigenvalue weighted by Crippen LogP contribution is -2.25. The molecule has 0 aliphatic heterocycles. The van der Waals surface area contributed by atoms with Crippen molar-refractivity contribution in [2.24, 2.45) is 0 Å². The second-order valence-corrected chi connectivity index (χ2v) is 7.17. The van der Waals surface area contributed by atoms with E-state index >= 15 is 0 Å².